The van der Waals surface area contributed by atoms with Crippen molar-refractivity contribution < 1.29 is 9.13 Å². The van der Waals surface area contributed by atoms with Gasteiger partial charge >= 0.3 is 0 Å². The molecular formula is C12H18FNO. The largest absolute Gasteiger partial charge is 0.493 e. The molecule has 0 unspecified atom stereocenters. The van der Waals surface area contributed by atoms with Gasteiger partial charge in [-0.1, -0.05) is 6.07 Å². The monoisotopic (exact) mass is 211 g/mol. The molecule has 0 bridgehead atoms. The van der Waals surface area contributed by atoms with E-state index in [9.17, 15) is 4.39 Å². The van der Waals surface area contributed by atoms with Crippen molar-refractivity contribution in [3.8, 4) is 5.75 Å². The van der Waals surface area contributed by atoms with Gasteiger partial charge in [0, 0.05) is 5.54 Å². The average molecular weight is 211 g/mol. The number of nitrogens with two attached hydrogens (primary N) is 1. The highest BCUT2D eigenvalue weighted by Crippen LogP contribution is 2.24. The molecule has 0 aliphatic carbocycles. The van der Waals surface area contributed by atoms with Crippen molar-refractivity contribution in [3.63, 3.8) is 0 Å². The molecule has 2 N–H and O–H groups in total. The molecule has 0 saturated carbocycles. The minimum Gasteiger partial charge on any atom is -0.493 e. The molecule has 0 fully saturated rings. The van der Waals surface area contributed by atoms with E-state index in [0.29, 0.717) is 12.2 Å². The second-order valence-corrected chi connectivity index (χ2v) is 4.59. The van der Waals surface area contributed by atoms with E-state index in [1.807, 2.05) is 26.8 Å². The summed E-state index contributed by atoms with van der Waals surface area (Å²) < 4.78 is 18.5. The number of hydrogen-bond donors (Lipinski definition) is 1. The summed E-state index contributed by atoms with van der Waals surface area (Å²) in [5.41, 5.74) is 7.26. The molecular weight excluding hydrogens is 193 g/mol. The number of benzene rings is 1. The van der Waals surface area contributed by atoms with E-state index in [4.69, 9.17) is 10.5 Å². The van der Waals surface area contributed by atoms with Crippen LogP contribution in [0.3, 0.4) is 0 Å². The molecule has 0 spiro atoms. The molecule has 1 rings (SSSR count). The minimum absolute atomic E-state index is 0.313. The molecule has 2 nitrogen and oxygen atoms in total. The smallest absolute Gasteiger partial charge is 0.165 e. The van der Waals surface area contributed by atoms with E-state index in [2.05, 4.69) is 0 Å². The molecule has 0 heterocycles. The zero-order chi connectivity index (χ0) is 11.6. The Kier molecular flexibility index (Phi) is 3.35. The Morgan fingerprint density at radius 1 is 1.40 bits per heavy atom. The SMILES string of the molecule is COc1c(C)cc(CC(C)(C)N)cc1F. The molecule has 0 saturated heterocycles. The van der Waals surface area contributed by atoms with Gasteiger partial charge in [-0.15, -0.1) is 0 Å². The quantitative estimate of drug-likeness (QED) is 0.833. The van der Waals surface area contributed by atoms with Crippen LogP contribution in [0.4, 0.5) is 4.39 Å². The zero-order valence-electron chi connectivity index (χ0n) is 9.73. The molecule has 0 amide bonds. The van der Waals surface area contributed by atoms with Gasteiger partial charge < -0.3 is 10.5 Å². The summed E-state index contributed by atoms with van der Waals surface area (Å²) >= 11 is 0. The molecule has 1 aromatic carbocycles. The third kappa shape index (κ3) is 3.20. The first kappa shape index (κ1) is 12.0. The Labute approximate surface area is 90.2 Å². The first-order chi connectivity index (χ1) is 6.83. The van der Waals surface area contributed by atoms with Crippen molar-refractivity contribution in [1.82, 2.24) is 0 Å². The van der Waals surface area contributed by atoms with Crippen LogP contribution in [-0.4, -0.2) is 12.6 Å². The van der Waals surface area contributed by atoms with E-state index in [0.717, 1.165) is 11.1 Å². The normalized spacial score (nSPS) is 11.6. The molecule has 0 aliphatic rings. The fourth-order valence-corrected chi connectivity index (χ4v) is 1.69. The van der Waals surface area contributed by atoms with Gasteiger partial charge in [0.05, 0.1) is 7.11 Å². The van der Waals surface area contributed by atoms with Gasteiger partial charge in [-0.2, -0.15) is 0 Å². The lowest BCUT2D eigenvalue weighted by Crippen LogP contribution is -2.34. The fourth-order valence-electron chi connectivity index (χ4n) is 1.69. The van der Waals surface area contributed by atoms with E-state index >= 15 is 0 Å². The second kappa shape index (κ2) is 4.19. The number of rotatable bonds is 3. The van der Waals surface area contributed by atoms with Gasteiger partial charge in [0.15, 0.2) is 11.6 Å². The Morgan fingerprint density at radius 2 is 2.00 bits per heavy atom. The maximum Gasteiger partial charge on any atom is 0.165 e. The molecule has 0 aromatic heterocycles. The summed E-state index contributed by atoms with van der Waals surface area (Å²) in [6, 6.07) is 3.40. The molecule has 0 aliphatic heterocycles. The predicted molar refractivity (Wildman–Crippen MR) is 59.7 cm³/mol. The van der Waals surface area contributed by atoms with Crippen LogP contribution in [0.15, 0.2) is 12.1 Å². The summed E-state index contributed by atoms with van der Waals surface area (Å²) in [5, 5.41) is 0. The first-order valence-corrected chi connectivity index (χ1v) is 4.95. The topological polar surface area (TPSA) is 35.2 Å². The zero-order valence-corrected chi connectivity index (χ0v) is 9.73. The molecule has 15 heavy (non-hydrogen) atoms. The number of hydrogen-bond acceptors (Lipinski definition) is 2. The van der Waals surface area contributed by atoms with Crippen molar-refractivity contribution >= 4 is 0 Å². The Bertz CT molecular complexity index is 332. The third-order valence-corrected chi connectivity index (χ3v) is 2.15. The van der Waals surface area contributed by atoms with E-state index in [-0.39, 0.29) is 11.4 Å². The number of aryl methyl sites for hydroxylation is 1. The van der Waals surface area contributed by atoms with Crippen LogP contribution in [0, 0.1) is 12.7 Å². The second-order valence-electron chi connectivity index (χ2n) is 4.59. The molecule has 1 aromatic rings. The van der Waals surface area contributed by atoms with E-state index in [1.165, 1.54) is 13.2 Å². The van der Waals surface area contributed by atoms with Crippen LogP contribution in [-0.2, 0) is 6.42 Å². The van der Waals surface area contributed by atoms with Crippen molar-refractivity contribution in [3.05, 3.63) is 29.1 Å². The van der Waals surface area contributed by atoms with Gasteiger partial charge in [0.25, 0.3) is 0 Å². The maximum atomic E-state index is 13.5. The van der Waals surface area contributed by atoms with Crippen LogP contribution in [0.5, 0.6) is 5.75 Å². The predicted octanol–water partition coefficient (Wildman–Crippen LogP) is 2.42. The van der Waals surface area contributed by atoms with Crippen molar-refractivity contribution in [2.45, 2.75) is 32.7 Å². The van der Waals surface area contributed by atoms with Gasteiger partial charge in [0.1, 0.15) is 0 Å². The number of halogens is 1. The van der Waals surface area contributed by atoms with Crippen LogP contribution >= 0.6 is 0 Å². The average Bonchev–Trinajstić information content (AvgIpc) is 1.99. The highest BCUT2D eigenvalue weighted by Gasteiger charge is 2.15. The van der Waals surface area contributed by atoms with Gasteiger partial charge in [0.2, 0.25) is 0 Å². The summed E-state index contributed by atoms with van der Waals surface area (Å²) in [6.45, 7) is 5.67. The highest BCUT2D eigenvalue weighted by atomic mass is 19.1. The maximum absolute atomic E-state index is 13.5. The molecule has 84 valence electrons. The number of ether oxygens (including phenoxy) is 1. The fraction of sp³-hybridized carbons (Fsp3) is 0.500. The lowest BCUT2D eigenvalue weighted by Gasteiger charge is -2.19. The highest BCUT2D eigenvalue weighted by molar-refractivity contribution is 5.38. The van der Waals surface area contributed by atoms with Gasteiger partial charge in [-0.05, 0) is 44.4 Å². The Balaban J connectivity index is 3.04. The third-order valence-electron chi connectivity index (χ3n) is 2.15. The van der Waals surface area contributed by atoms with E-state index in [1.54, 1.807) is 0 Å². The Morgan fingerprint density at radius 3 is 2.40 bits per heavy atom. The van der Waals surface area contributed by atoms with Gasteiger partial charge in [-0.3, -0.25) is 0 Å². The summed E-state index contributed by atoms with van der Waals surface area (Å²) in [6.07, 6.45) is 0.648. The van der Waals surface area contributed by atoms with Crippen molar-refractivity contribution in [2.75, 3.05) is 7.11 Å². The molecule has 0 radical (unpaired) electrons. The lowest BCUT2D eigenvalue weighted by molar-refractivity contribution is 0.382. The van der Waals surface area contributed by atoms with Crippen LogP contribution in [0.2, 0.25) is 0 Å². The summed E-state index contributed by atoms with van der Waals surface area (Å²) in [5.74, 6) is -0.00896. The first-order valence-electron chi connectivity index (χ1n) is 4.95. The van der Waals surface area contributed by atoms with Crippen LogP contribution in [0.25, 0.3) is 0 Å². The minimum atomic E-state index is -0.326. The number of methoxy groups -OCH3 is 1. The van der Waals surface area contributed by atoms with E-state index < -0.39 is 0 Å². The lowest BCUT2D eigenvalue weighted by atomic mass is 9.95. The summed E-state index contributed by atoms with van der Waals surface area (Å²) in [7, 11) is 1.47. The van der Waals surface area contributed by atoms with Gasteiger partial charge in [-0.25, -0.2) is 4.39 Å². The van der Waals surface area contributed by atoms with Crippen molar-refractivity contribution in [2.24, 2.45) is 5.73 Å². The molecule has 3 heteroatoms. The van der Waals surface area contributed by atoms with Crippen LogP contribution in [0.1, 0.15) is 25.0 Å². The van der Waals surface area contributed by atoms with Crippen molar-refractivity contribution in [1.29, 1.82) is 0 Å². The molecule has 0 atom stereocenters. The Hall–Kier alpha value is -1.09. The summed E-state index contributed by atoms with van der Waals surface area (Å²) in [4.78, 5) is 0. The standard InChI is InChI=1S/C12H18FNO/c1-8-5-9(7-12(2,3)14)6-10(13)11(8)15-4/h5-6H,7,14H2,1-4H3. The van der Waals surface area contributed by atoms with Crippen LogP contribution < -0.4 is 10.5 Å².